The molecule has 1 aromatic heterocycles. The molecule has 92 valence electrons. The molecule has 0 N–H and O–H groups in total. The first-order valence-electron chi connectivity index (χ1n) is 4.08. The van der Waals surface area contributed by atoms with Crippen LogP contribution in [0.5, 0.6) is 5.88 Å². The van der Waals surface area contributed by atoms with Crippen molar-refractivity contribution in [3.8, 4) is 11.9 Å². The predicted molar refractivity (Wildman–Crippen MR) is 55.1 cm³/mol. The number of halogens is 4. The van der Waals surface area contributed by atoms with Crippen molar-refractivity contribution < 1.29 is 17.9 Å². The number of nitriles is 1. The van der Waals surface area contributed by atoms with Crippen molar-refractivity contribution in [2.24, 2.45) is 0 Å². The molecule has 9 heteroatoms. The van der Waals surface area contributed by atoms with Gasteiger partial charge in [-0.1, -0.05) is 23.4 Å². The zero-order chi connectivity index (χ0) is 13.1. The molecule has 0 atom stereocenters. The summed E-state index contributed by atoms with van der Waals surface area (Å²) >= 11 is 6.69. The summed E-state index contributed by atoms with van der Waals surface area (Å²) in [5.41, 5.74) is -0.311. The zero-order valence-corrected chi connectivity index (χ0v) is 9.95. The van der Waals surface area contributed by atoms with Gasteiger partial charge in [-0.2, -0.15) is 23.4 Å². The molecule has 0 bridgehead atoms. The first-order valence-corrected chi connectivity index (χ1v) is 5.69. The van der Waals surface area contributed by atoms with E-state index in [-0.39, 0.29) is 15.9 Å². The number of nitrogens with zero attached hydrogens (tertiary/aromatic N) is 3. The van der Waals surface area contributed by atoms with E-state index in [1.54, 1.807) is 12.3 Å². The molecule has 0 aromatic carbocycles. The minimum absolute atomic E-state index is 0.131. The standard InChI is InChI=1S/C8H5ClF3N3OS/c1-17-7-14-5(9)4(2-13)6(15-7)16-3-8(10,11)12/h3H2,1H3. The van der Waals surface area contributed by atoms with E-state index in [1.807, 2.05) is 0 Å². The van der Waals surface area contributed by atoms with Crippen molar-refractivity contribution in [1.29, 1.82) is 5.26 Å². The Morgan fingerprint density at radius 1 is 1.47 bits per heavy atom. The number of rotatable bonds is 3. The predicted octanol–water partition coefficient (Wildman–Crippen LogP) is 2.66. The molecular formula is C8H5ClF3N3OS. The van der Waals surface area contributed by atoms with Crippen molar-refractivity contribution in [3.05, 3.63) is 10.7 Å². The molecule has 0 aliphatic heterocycles. The van der Waals surface area contributed by atoms with E-state index in [9.17, 15) is 13.2 Å². The summed E-state index contributed by atoms with van der Waals surface area (Å²) in [6.45, 7) is -1.54. The van der Waals surface area contributed by atoms with E-state index in [0.717, 1.165) is 11.8 Å². The minimum Gasteiger partial charge on any atom is -0.467 e. The normalized spacial score (nSPS) is 11.1. The van der Waals surface area contributed by atoms with Gasteiger partial charge in [0, 0.05) is 0 Å². The topological polar surface area (TPSA) is 58.8 Å². The lowest BCUT2D eigenvalue weighted by Gasteiger charge is -2.10. The summed E-state index contributed by atoms with van der Waals surface area (Å²) in [7, 11) is 0. The van der Waals surface area contributed by atoms with Gasteiger partial charge in [0.25, 0.3) is 0 Å². The van der Waals surface area contributed by atoms with Gasteiger partial charge in [0.2, 0.25) is 5.88 Å². The van der Waals surface area contributed by atoms with Gasteiger partial charge in [-0.25, -0.2) is 4.98 Å². The van der Waals surface area contributed by atoms with Gasteiger partial charge in [-0.15, -0.1) is 0 Å². The summed E-state index contributed by atoms with van der Waals surface area (Å²) in [5, 5.41) is 8.61. The molecule has 0 aliphatic carbocycles. The molecule has 4 nitrogen and oxygen atoms in total. The Balaban J connectivity index is 3.04. The lowest BCUT2D eigenvalue weighted by Crippen LogP contribution is -2.20. The van der Waals surface area contributed by atoms with Crippen molar-refractivity contribution in [1.82, 2.24) is 9.97 Å². The fourth-order valence-electron chi connectivity index (χ4n) is 0.836. The highest BCUT2D eigenvalue weighted by Gasteiger charge is 2.29. The third kappa shape index (κ3) is 3.94. The van der Waals surface area contributed by atoms with Crippen molar-refractivity contribution >= 4 is 23.4 Å². The van der Waals surface area contributed by atoms with Gasteiger partial charge < -0.3 is 4.74 Å². The van der Waals surface area contributed by atoms with Crippen LogP contribution in [-0.4, -0.2) is 29.0 Å². The molecular weight excluding hydrogens is 279 g/mol. The van der Waals surface area contributed by atoms with E-state index in [0.29, 0.717) is 0 Å². The van der Waals surface area contributed by atoms with Crippen LogP contribution in [-0.2, 0) is 0 Å². The summed E-state index contributed by atoms with van der Waals surface area (Å²) in [5.74, 6) is -0.464. The van der Waals surface area contributed by atoms with E-state index in [4.69, 9.17) is 16.9 Å². The third-order valence-corrected chi connectivity index (χ3v) is 2.30. The number of thioether (sulfide) groups is 1. The maximum atomic E-state index is 12.0. The molecule has 0 aliphatic rings. The number of ether oxygens (including phenoxy) is 1. The molecule has 0 amide bonds. The quantitative estimate of drug-likeness (QED) is 0.485. The van der Waals surface area contributed by atoms with Crippen LogP contribution in [0.15, 0.2) is 5.16 Å². The Kier molecular flexibility index (Phi) is 4.42. The number of hydrogen-bond donors (Lipinski definition) is 0. The van der Waals surface area contributed by atoms with Gasteiger partial charge in [0.15, 0.2) is 22.5 Å². The Bertz CT molecular complexity index is 461. The van der Waals surface area contributed by atoms with Crippen LogP contribution in [0.3, 0.4) is 0 Å². The third-order valence-electron chi connectivity index (χ3n) is 1.48. The second-order valence-corrected chi connectivity index (χ2v) is 3.83. The van der Waals surface area contributed by atoms with Crippen LogP contribution >= 0.6 is 23.4 Å². The van der Waals surface area contributed by atoms with Gasteiger partial charge in [-0.05, 0) is 6.26 Å². The number of alkyl halides is 3. The zero-order valence-electron chi connectivity index (χ0n) is 8.38. The Hall–Kier alpha value is -1.20. The van der Waals surface area contributed by atoms with Crippen LogP contribution < -0.4 is 4.74 Å². The highest BCUT2D eigenvalue weighted by atomic mass is 35.5. The van der Waals surface area contributed by atoms with Gasteiger partial charge in [0.05, 0.1) is 0 Å². The molecule has 0 radical (unpaired) electrons. The summed E-state index contributed by atoms with van der Waals surface area (Å²) in [6.07, 6.45) is -2.89. The molecule has 0 saturated heterocycles. The lowest BCUT2D eigenvalue weighted by atomic mass is 10.3. The van der Waals surface area contributed by atoms with Crippen LogP contribution in [0, 0.1) is 11.3 Å². The molecule has 1 rings (SSSR count). The molecule has 17 heavy (non-hydrogen) atoms. The van der Waals surface area contributed by atoms with E-state index in [2.05, 4.69) is 14.7 Å². The first kappa shape index (κ1) is 13.9. The average Bonchev–Trinajstić information content (AvgIpc) is 2.24. The summed E-state index contributed by atoms with van der Waals surface area (Å²) in [4.78, 5) is 7.35. The first-order chi connectivity index (χ1) is 7.87. The van der Waals surface area contributed by atoms with Crippen LogP contribution in [0.1, 0.15) is 5.56 Å². The Morgan fingerprint density at radius 2 is 2.12 bits per heavy atom. The van der Waals surface area contributed by atoms with Crippen molar-refractivity contribution in [3.63, 3.8) is 0 Å². The van der Waals surface area contributed by atoms with E-state index < -0.39 is 18.7 Å². The molecule has 0 saturated carbocycles. The second-order valence-electron chi connectivity index (χ2n) is 2.70. The minimum atomic E-state index is -4.51. The summed E-state index contributed by atoms with van der Waals surface area (Å²) < 4.78 is 40.3. The maximum Gasteiger partial charge on any atom is 0.422 e. The Labute approximate surface area is 104 Å². The molecule has 1 aromatic rings. The van der Waals surface area contributed by atoms with Gasteiger partial charge in [-0.3, -0.25) is 0 Å². The monoisotopic (exact) mass is 283 g/mol. The fourth-order valence-corrected chi connectivity index (χ4v) is 1.45. The Morgan fingerprint density at radius 3 is 2.59 bits per heavy atom. The maximum absolute atomic E-state index is 12.0. The van der Waals surface area contributed by atoms with Gasteiger partial charge in [0.1, 0.15) is 6.07 Å². The average molecular weight is 284 g/mol. The number of aromatic nitrogens is 2. The van der Waals surface area contributed by atoms with E-state index >= 15 is 0 Å². The van der Waals surface area contributed by atoms with Crippen molar-refractivity contribution in [2.75, 3.05) is 12.9 Å². The molecule has 0 unspecified atom stereocenters. The molecule has 0 spiro atoms. The second kappa shape index (κ2) is 5.42. The SMILES string of the molecule is CSc1nc(Cl)c(C#N)c(OCC(F)(F)F)n1. The highest BCUT2D eigenvalue weighted by molar-refractivity contribution is 7.98. The largest absolute Gasteiger partial charge is 0.467 e. The molecule has 0 fully saturated rings. The lowest BCUT2D eigenvalue weighted by molar-refractivity contribution is -0.154. The molecule has 1 heterocycles. The highest BCUT2D eigenvalue weighted by Crippen LogP contribution is 2.26. The van der Waals surface area contributed by atoms with E-state index in [1.165, 1.54) is 0 Å². The fraction of sp³-hybridized carbons (Fsp3) is 0.375. The summed E-state index contributed by atoms with van der Waals surface area (Å²) in [6, 6.07) is 1.59. The van der Waals surface area contributed by atoms with Gasteiger partial charge >= 0.3 is 6.18 Å². The number of hydrogen-bond acceptors (Lipinski definition) is 5. The van der Waals surface area contributed by atoms with Crippen LogP contribution in [0.25, 0.3) is 0 Å². The van der Waals surface area contributed by atoms with Crippen LogP contribution in [0.2, 0.25) is 5.15 Å². The van der Waals surface area contributed by atoms with Crippen LogP contribution in [0.4, 0.5) is 13.2 Å². The smallest absolute Gasteiger partial charge is 0.422 e. The van der Waals surface area contributed by atoms with Crippen molar-refractivity contribution in [2.45, 2.75) is 11.3 Å².